The number of carboxylic acids is 1. The van der Waals surface area contributed by atoms with Gasteiger partial charge in [-0.2, -0.15) is 0 Å². The van der Waals surface area contributed by atoms with Crippen molar-refractivity contribution in [3.63, 3.8) is 0 Å². The van der Waals surface area contributed by atoms with Crippen LogP contribution < -0.4 is 4.72 Å². The molecular weight excluding hydrogens is 416 g/mol. The maximum Gasteiger partial charge on any atom is 0.300 e. The molecule has 0 amide bonds. The van der Waals surface area contributed by atoms with Gasteiger partial charge in [0.25, 0.3) is 5.97 Å². The lowest BCUT2D eigenvalue weighted by Gasteiger charge is -2.35. The van der Waals surface area contributed by atoms with Gasteiger partial charge < -0.3 is 9.84 Å². The number of aliphatic carboxylic acids is 1. The van der Waals surface area contributed by atoms with Crippen LogP contribution in [0.15, 0.2) is 59.5 Å². The Labute approximate surface area is 184 Å². The van der Waals surface area contributed by atoms with E-state index < -0.39 is 16.0 Å². The van der Waals surface area contributed by atoms with Crippen LogP contribution in [0.5, 0.6) is 0 Å². The molecule has 2 aliphatic rings. The van der Waals surface area contributed by atoms with Crippen molar-refractivity contribution in [2.24, 2.45) is 0 Å². The van der Waals surface area contributed by atoms with Gasteiger partial charge in [-0.25, -0.2) is 13.1 Å². The summed E-state index contributed by atoms with van der Waals surface area (Å²) in [5.41, 5.74) is 2.31. The number of hydrogen-bond donors (Lipinski definition) is 2. The van der Waals surface area contributed by atoms with Gasteiger partial charge in [0.15, 0.2) is 0 Å². The molecule has 2 aromatic rings. The molecule has 3 atom stereocenters. The van der Waals surface area contributed by atoms with E-state index in [2.05, 4.69) is 28.7 Å². The largest absolute Gasteiger partial charge is 0.481 e. The molecule has 8 heteroatoms. The van der Waals surface area contributed by atoms with Crippen molar-refractivity contribution in [3.05, 3.63) is 65.7 Å². The van der Waals surface area contributed by atoms with Gasteiger partial charge in [0.05, 0.1) is 17.6 Å². The molecule has 31 heavy (non-hydrogen) atoms. The number of hydrogen-bond acceptors (Lipinski definition) is 5. The highest BCUT2D eigenvalue weighted by Crippen LogP contribution is 2.30. The number of carbonyl (C=O) groups is 1. The lowest BCUT2D eigenvalue weighted by atomic mass is 10.1. The van der Waals surface area contributed by atoms with Crippen molar-refractivity contribution in [3.8, 4) is 0 Å². The molecule has 0 unspecified atom stereocenters. The van der Waals surface area contributed by atoms with E-state index in [0.29, 0.717) is 11.5 Å². The van der Waals surface area contributed by atoms with Gasteiger partial charge in [0.2, 0.25) is 10.0 Å². The van der Waals surface area contributed by atoms with Crippen molar-refractivity contribution >= 4 is 16.0 Å². The van der Waals surface area contributed by atoms with Crippen molar-refractivity contribution in [1.29, 1.82) is 0 Å². The summed E-state index contributed by atoms with van der Waals surface area (Å²) < 4.78 is 34.4. The summed E-state index contributed by atoms with van der Waals surface area (Å²) >= 11 is 0. The predicted octanol–water partition coefficient (Wildman–Crippen LogP) is 2.83. The van der Waals surface area contributed by atoms with Crippen molar-refractivity contribution in [1.82, 2.24) is 9.62 Å². The highest BCUT2D eigenvalue weighted by molar-refractivity contribution is 7.89. The first kappa shape index (κ1) is 23.4. The minimum Gasteiger partial charge on any atom is -0.481 e. The average molecular weight is 447 g/mol. The number of nitrogens with zero attached hydrogens (tertiary/aromatic N) is 1. The van der Waals surface area contributed by atoms with Crippen LogP contribution in [0.1, 0.15) is 37.5 Å². The third-order valence-corrected chi connectivity index (χ3v) is 7.09. The quantitative estimate of drug-likeness (QED) is 0.733. The van der Waals surface area contributed by atoms with E-state index in [-0.39, 0.29) is 18.2 Å². The molecule has 4 rings (SSSR count). The molecule has 0 aromatic heterocycles. The number of nitrogens with one attached hydrogen (secondary N) is 1. The molecule has 168 valence electrons. The van der Waals surface area contributed by atoms with Crippen LogP contribution in [-0.4, -0.2) is 56.2 Å². The Bertz CT molecular complexity index is 959. The van der Waals surface area contributed by atoms with Crippen molar-refractivity contribution in [2.75, 3.05) is 19.7 Å². The lowest BCUT2D eigenvalue weighted by molar-refractivity contribution is -0.134. The zero-order valence-electron chi connectivity index (χ0n) is 17.9. The normalized spacial score (nSPS) is 23.5. The molecule has 2 saturated heterocycles. The summed E-state index contributed by atoms with van der Waals surface area (Å²) in [5, 5.41) is 7.42. The van der Waals surface area contributed by atoms with Crippen LogP contribution >= 0.6 is 0 Å². The molecule has 7 nitrogen and oxygen atoms in total. The van der Waals surface area contributed by atoms with Crippen molar-refractivity contribution < 1.29 is 23.1 Å². The second-order valence-corrected chi connectivity index (χ2v) is 9.62. The molecule has 2 N–H and O–H groups in total. The highest BCUT2D eigenvalue weighted by atomic mass is 32.2. The molecule has 2 heterocycles. The van der Waals surface area contributed by atoms with E-state index in [9.17, 15) is 8.42 Å². The molecule has 2 aromatic carbocycles. The van der Waals surface area contributed by atoms with Gasteiger partial charge in [-0.15, -0.1) is 0 Å². The molecule has 0 radical (unpaired) electrons. The van der Waals surface area contributed by atoms with Gasteiger partial charge >= 0.3 is 0 Å². The second-order valence-electron chi connectivity index (χ2n) is 7.91. The van der Waals surface area contributed by atoms with Gasteiger partial charge in [0, 0.05) is 32.1 Å². The Morgan fingerprint density at radius 2 is 1.77 bits per heavy atom. The number of morpholine rings is 1. The molecule has 0 aliphatic carbocycles. The number of carboxylic acid groups (broad SMARTS) is 1. The minimum absolute atomic E-state index is 0.0550. The summed E-state index contributed by atoms with van der Waals surface area (Å²) in [6.45, 7) is 5.31. The smallest absolute Gasteiger partial charge is 0.300 e. The Morgan fingerprint density at radius 3 is 2.39 bits per heavy atom. The standard InChI is InChI=1S/C21H26N2O3S.C2H4O2/c1-2-16-8-10-20(11-9-16)27(24,25)22-18-12-19-15-26-21(14-23(19)13-18)17-6-4-3-5-7-17;1-2(3)4/h3-11,18-19,21-22H,2,12-15H2,1H3;1H3,(H,3,4)/t18-,19+,21-;/m1./s1. The van der Waals surface area contributed by atoms with E-state index in [4.69, 9.17) is 14.6 Å². The minimum atomic E-state index is -3.49. The number of rotatable bonds is 5. The topological polar surface area (TPSA) is 95.9 Å². The Balaban J connectivity index is 0.000000628. The Hall–Kier alpha value is -2.26. The third-order valence-electron chi connectivity index (χ3n) is 5.55. The molecule has 0 bridgehead atoms. The highest BCUT2D eigenvalue weighted by Gasteiger charge is 2.39. The van der Waals surface area contributed by atoms with Crippen molar-refractivity contribution in [2.45, 2.75) is 49.8 Å². The van der Waals surface area contributed by atoms with Crippen LogP contribution in [0.25, 0.3) is 0 Å². The van der Waals surface area contributed by atoms with Crippen LogP contribution in [0, 0.1) is 0 Å². The fraction of sp³-hybridized carbons (Fsp3) is 0.435. The molecule has 0 saturated carbocycles. The summed E-state index contributed by atoms with van der Waals surface area (Å²) in [6, 6.07) is 17.6. The van der Waals surface area contributed by atoms with E-state index in [1.807, 2.05) is 30.3 Å². The monoisotopic (exact) mass is 446 g/mol. The van der Waals surface area contributed by atoms with E-state index in [1.54, 1.807) is 12.1 Å². The number of benzene rings is 2. The zero-order valence-corrected chi connectivity index (χ0v) is 18.7. The van der Waals surface area contributed by atoms with E-state index >= 15 is 0 Å². The maximum atomic E-state index is 12.7. The first-order valence-corrected chi connectivity index (χ1v) is 12.0. The molecule has 0 spiro atoms. The average Bonchev–Trinajstić information content (AvgIpc) is 3.14. The van der Waals surface area contributed by atoms with Gasteiger partial charge in [-0.1, -0.05) is 49.4 Å². The van der Waals surface area contributed by atoms with Crippen LogP contribution in [0.3, 0.4) is 0 Å². The number of fused-ring (bicyclic) bond motifs is 1. The van der Waals surface area contributed by atoms with E-state index in [0.717, 1.165) is 38.4 Å². The van der Waals surface area contributed by atoms with Gasteiger partial charge in [-0.3, -0.25) is 9.69 Å². The predicted molar refractivity (Wildman–Crippen MR) is 118 cm³/mol. The summed E-state index contributed by atoms with van der Waals surface area (Å²) in [5.74, 6) is -0.833. The SMILES string of the molecule is CC(=O)O.CCc1ccc(S(=O)(=O)N[C@@H]2C[C@H]3CO[C@@H](c4ccccc4)CN3C2)cc1. The summed E-state index contributed by atoms with van der Waals surface area (Å²) in [4.78, 5) is 11.7. The Morgan fingerprint density at radius 1 is 1.13 bits per heavy atom. The third kappa shape index (κ3) is 6.36. The Kier molecular flexibility index (Phi) is 7.83. The first-order chi connectivity index (χ1) is 14.8. The fourth-order valence-corrected chi connectivity index (χ4v) is 5.26. The number of sulfonamides is 1. The fourth-order valence-electron chi connectivity index (χ4n) is 4.02. The first-order valence-electron chi connectivity index (χ1n) is 10.5. The second kappa shape index (κ2) is 10.4. The lowest BCUT2D eigenvalue weighted by Crippen LogP contribution is -2.43. The van der Waals surface area contributed by atoms with Crippen LogP contribution in [0.2, 0.25) is 0 Å². The van der Waals surface area contributed by atoms with Crippen LogP contribution in [-0.2, 0) is 26.0 Å². The maximum absolute atomic E-state index is 12.7. The summed E-state index contributed by atoms with van der Waals surface area (Å²) in [7, 11) is -3.49. The van der Waals surface area contributed by atoms with Gasteiger partial charge in [-0.05, 0) is 36.1 Å². The molecular formula is C23H30N2O5S. The van der Waals surface area contributed by atoms with Gasteiger partial charge in [0.1, 0.15) is 0 Å². The summed E-state index contributed by atoms with van der Waals surface area (Å²) in [6.07, 6.45) is 1.74. The van der Waals surface area contributed by atoms with Crippen LogP contribution in [0.4, 0.5) is 0 Å². The van der Waals surface area contributed by atoms with E-state index in [1.165, 1.54) is 5.56 Å². The molecule has 2 aliphatic heterocycles. The zero-order chi connectivity index (χ0) is 22.4. The number of aryl methyl sites for hydroxylation is 1. The number of ether oxygens (including phenoxy) is 1. The molecule has 2 fully saturated rings.